The van der Waals surface area contributed by atoms with E-state index in [1.54, 1.807) is 24.7 Å². The van der Waals surface area contributed by atoms with E-state index in [0.29, 0.717) is 16.7 Å². The highest BCUT2D eigenvalue weighted by Gasteiger charge is 2.11. The average Bonchev–Trinajstić information content (AvgIpc) is 2.93. The molecule has 0 saturated carbocycles. The first kappa shape index (κ1) is 13.6. The third-order valence-corrected chi connectivity index (χ3v) is 3.35. The fourth-order valence-corrected chi connectivity index (χ4v) is 2.11. The molecule has 2 heterocycles. The van der Waals surface area contributed by atoms with Crippen LogP contribution >= 0.6 is 11.8 Å². The Hall–Kier alpha value is -1.87. The van der Waals surface area contributed by atoms with Crippen LogP contribution < -0.4 is 5.32 Å². The van der Waals surface area contributed by atoms with Crippen molar-refractivity contribution in [2.45, 2.75) is 18.7 Å². The van der Waals surface area contributed by atoms with Crippen LogP contribution in [0.3, 0.4) is 0 Å². The zero-order chi connectivity index (χ0) is 13.8. The Bertz CT molecular complexity index is 579. The van der Waals surface area contributed by atoms with E-state index in [1.807, 2.05) is 0 Å². The summed E-state index contributed by atoms with van der Waals surface area (Å²) in [5.74, 6) is 0.291. The SMILES string of the molecule is Cc1nnc(NC(=O)CSc2ncc(CO)n2C)o1. The van der Waals surface area contributed by atoms with Gasteiger partial charge in [-0.3, -0.25) is 10.1 Å². The number of aliphatic hydroxyl groups is 1. The van der Waals surface area contributed by atoms with Gasteiger partial charge in [0.2, 0.25) is 11.8 Å². The number of carbonyl (C=O) groups is 1. The van der Waals surface area contributed by atoms with E-state index in [0.717, 1.165) is 0 Å². The molecule has 2 aromatic heterocycles. The van der Waals surface area contributed by atoms with Gasteiger partial charge in [-0.15, -0.1) is 5.10 Å². The van der Waals surface area contributed by atoms with Gasteiger partial charge in [-0.05, 0) is 0 Å². The summed E-state index contributed by atoms with van der Waals surface area (Å²) in [6.07, 6.45) is 1.57. The number of thioether (sulfide) groups is 1. The summed E-state index contributed by atoms with van der Waals surface area (Å²) in [5, 5.41) is 19.4. The number of aromatic nitrogens is 4. The Balaban J connectivity index is 1.88. The van der Waals surface area contributed by atoms with E-state index in [2.05, 4.69) is 20.5 Å². The highest BCUT2D eigenvalue weighted by molar-refractivity contribution is 7.99. The highest BCUT2D eigenvalue weighted by Crippen LogP contribution is 2.17. The Kier molecular flexibility index (Phi) is 4.17. The molecule has 0 aliphatic heterocycles. The number of nitrogens with zero attached hydrogens (tertiary/aromatic N) is 4. The minimum absolute atomic E-state index is 0.0824. The molecule has 0 aliphatic rings. The van der Waals surface area contributed by atoms with Gasteiger partial charge >= 0.3 is 6.01 Å². The number of amides is 1. The Morgan fingerprint density at radius 2 is 2.37 bits per heavy atom. The van der Waals surface area contributed by atoms with Crippen LogP contribution in [-0.2, 0) is 18.4 Å². The largest absolute Gasteiger partial charge is 0.408 e. The van der Waals surface area contributed by atoms with E-state index in [-0.39, 0.29) is 24.3 Å². The van der Waals surface area contributed by atoms with Gasteiger partial charge in [0.15, 0.2) is 5.16 Å². The third kappa shape index (κ3) is 3.32. The molecule has 2 aromatic rings. The van der Waals surface area contributed by atoms with Crippen molar-refractivity contribution < 1.29 is 14.3 Å². The second-order valence-electron chi connectivity index (χ2n) is 3.71. The van der Waals surface area contributed by atoms with Gasteiger partial charge < -0.3 is 14.1 Å². The van der Waals surface area contributed by atoms with Crippen LogP contribution in [0.1, 0.15) is 11.6 Å². The number of anilines is 1. The van der Waals surface area contributed by atoms with Crippen LogP contribution in [0.5, 0.6) is 0 Å². The first-order chi connectivity index (χ1) is 9.10. The van der Waals surface area contributed by atoms with Gasteiger partial charge in [0, 0.05) is 14.0 Å². The predicted molar refractivity (Wildman–Crippen MR) is 67.5 cm³/mol. The standard InChI is InChI=1S/C10H13N5O3S/c1-6-13-14-9(18-6)12-8(17)5-19-10-11-3-7(4-16)15(10)2/h3,16H,4-5H2,1-2H3,(H,12,14,17). The van der Waals surface area contributed by atoms with Crippen molar-refractivity contribution in [2.24, 2.45) is 7.05 Å². The van der Waals surface area contributed by atoms with Crippen molar-refractivity contribution >= 4 is 23.7 Å². The van der Waals surface area contributed by atoms with Crippen molar-refractivity contribution in [1.29, 1.82) is 0 Å². The van der Waals surface area contributed by atoms with Crippen molar-refractivity contribution in [1.82, 2.24) is 19.7 Å². The Labute approximate surface area is 113 Å². The number of aliphatic hydroxyl groups excluding tert-OH is 1. The summed E-state index contributed by atoms with van der Waals surface area (Å²) in [5.41, 5.74) is 0.690. The van der Waals surface area contributed by atoms with Gasteiger partial charge in [0.05, 0.1) is 24.3 Å². The predicted octanol–water partition coefficient (Wildman–Crippen LogP) is 0.335. The molecule has 0 aliphatic carbocycles. The molecule has 0 spiro atoms. The van der Waals surface area contributed by atoms with E-state index >= 15 is 0 Å². The Morgan fingerprint density at radius 3 is 2.95 bits per heavy atom. The van der Waals surface area contributed by atoms with Crippen LogP contribution in [-0.4, -0.2) is 36.5 Å². The number of imidazole rings is 1. The van der Waals surface area contributed by atoms with E-state index in [9.17, 15) is 4.79 Å². The lowest BCUT2D eigenvalue weighted by Crippen LogP contribution is -2.14. The molecular weight excluding hydrogens is 270 g/mol. The van der Waals surface area contributed by atoms with E-state index < -0.39 is 0 Å². The number of hydrogen-bond acceptors (Lipinski definition) is 7. The number of aryl methyl sites for hydroxylation is 1. The fraction of sp³-hybridized carbons (Fsp3) is 0.400. The molecule has 2 rings (SSSR count). The first-order valence-corrected chi connectivity index (χ1v) is 6.43. The van der Waals surface area contributed by atoms with Gasteiger partial charge in [0.1, 0.15) is 0 Å². The van der Waals surface area contributed by atoms with E-state index in [1.165, 1.54) is 11.8 Å². The van der Waals surface area contributed by atoms with Crippen molar-refractivity contribution in [3.8, 4) is 0 Å². The van der Waals surface area contributed by atoms with E-state index in [4.69, 9.17) is 9.52 Å². The van der Waals surface area contributed by atoms with Gasteiger partial charge in [-0.2, -0.15) is 0 Å². The number of carbonyl (C=O) groups excluding carboxylic acids is 1. The van der Waals surface area contributed by atoms with Crippen LogP contribution in [0.25, 0.3) is 0 Å². The fourth-order valence-electron chi connectivity index (χ4n) is 1.34. The molecule has 0 radical (unpaired) electrons. The highest BCUT2D eigenvalue weighted by atomic mass is 32.2. The molecule has 0 unspecified atom stereocenters. The van der Waals surface area contributed by atoms with Crippen LogP contribution in [0, 0.1) is 6.92 Å². The molecule has 2 N–H and O–H groups in total. The molecule has 0 atom stereocenters. The molecule has 0 saturated heterocycles. The third-order valence-electron chi connectivity index (χ3n) is 2.31. The maximum atomic E-state index is 11.6. The molecule has 1 amide bonds. The maximum absolute atomic E-state index is 11.6. The quantitative estimate of drug-likeness (QED) is 0.762. The summed E-state index contributed by atoms with van der Waals surface area (Å²) >= 11 is 1.26. The second kappa shape index (κ2) is 5.85. The summed E-state index contributed by atoms with van der Waals surface area (Å²) in [4.78, 5) is 15.7. The zero-order valence-electron chi connectivity index (χ0n) is 10.5. The van der Waals surface area contributed by atoms with Gasteiger partial charge in [0.25, 0.3) is 0 Å². The molecule has 19 heavy (non-hydrogen) atoms. The van der Waals surface area contributed by atoms with Crippen LogP contribution in [0.15, 0.2) is 15.8 Å². The van der Waals surface area contributed by atoms with Crippen LogP contribution in [0.4, 0.5) is 6.01 Å². The molecule has 8 nitrogen and oxygen atoms in total. The summed E-state index contributed by atoms with van der Waals surface area (Å²) in [6.45, 7) is 1.55. The number of nitrogens with one attached hydrogen (secondary N) is 1. The summed E-state index contributed by atoms with van der Waals surface area (Å²) in [6, 6.07) is 0.0824. The lowest BCUT2D eigenvalue weighted by Gasteiger charge is -2.03. The molecule has 102 valence electrons. The maximum Gasteiger partial charge on any atom is 0.322 e. The minimum Gasteiger partial charge on any atom is -0.408 e. The smallest absolute Gasteiger partial charge is 0.322 e. The topological polar surface area (TPSA) is 106 Å². The molecule has 0 aromatic carbocycles. The Morgan fingerprint density at radius 1 is 1.58 bits per heavy atom. The second-order valence-corrected chi connectivity index (χ2v) is 4.65. The van der Waals surface area contributed by atoms with Crippen molar-refractivity contribution in [3.63, 3.8) is 0 Å². The first-order valence-electron chi connectivity index (χ1n) is 5.44. The normalized spacial score (nSPS) is 10.7. The molecule has 9 heteroatoms. The zero-order valence-corrected chi connectivity index (χ0v) is 11.3. The molecule has 0 fully saturated rings. The van der Waals surface area contributed by atoms with Gasteiger partial charge in [-0.1, -0.05) is 16.9 Å². The lowest BCUT2D eigenvalue weighted by molar-refractivity contribution is -0.113. The summed E-state index contributed by atoms with van der Waals surface area (Å²) in [7, 11) is 1.78. The van der Waals surface area contributed by atoms with Gasteiger partial charge in [-0.25, -0.2) is 4.98 Å². The number of rotatable bonds is 5. The number of hydrogen-bond donors (Lipinski definition) is 2. The van der Waals surface area contributed by atoms with Crippen LogP contribution in [0.2, 0.25) is 0 Å². The molecular formula is C10H13N5O3S. The molecule has 0 bridgehead atoms. The van der Waals surface area contributed by atoms with Crippen molar-refractivity contribution in [3.05, 3.63) is 17.8 Å². The summed E-state index contributed by atoms with van der Waals surface area (Å²) < 4.78 is 6.77. The van der Waals surface area contributed by atoms with Crippen molar-refractivity contribution in [2.75, 3.05) is 11.1 Å². The lowest BCUT2D eigenvalue weighted by atomic mass is 10.5. The minimum atomic E-state index is -0.262. The average molecular weight is 283 g/mol. The monoisotopic (exact) mass is 283 g/mol.